The Balaban J connectivity index is 1.59. The third-order valence-electron chi connectivity index (χ3n) is 4.64. The fourth-order valence-electron chi connectivity index (χ4n) is 2.90. The number of nitrogens with two attached hydrogens (primary N) is 1. The number of hydrazine groups is 1. The van der Waals surface area contributed by atoms with Crippen molar-refractivity contribution in [2.45, 2.75) is 17.7 Å². The number of nitrogens with zero attached hydrogens (tertiary/aromatic N) is 2. The molecule has 0 radical (unpaired) electrons. The minimum Gasteiger partial charge on any atom is -0.322 e. The predicted molar refractivity (Wildman–Crippen MR) is 120 cm³/mol. The predicted octanol–water partition coefficient (Wildman–Crippen LogP) is 2.93. The summed E-state index contributed by atoms with van der Waals surface area (Å²) < 4.78 is 26.2. The highest BCUT2D eigenvalue weighted by atomic mass is 32.2. The molecule has 3 aromatic rings. The Bertz CT molecular complexity index is 1130. The molecule has 2 aromatic carbocycles. The second-order valence-corrected chi connectivity index (χ2v) is 8.86. The molecule has 1 heterocycles. The molecule has 0 aliphatic heterocycles. The number of hydrogen-bond donors (Lipinski definition) is 2. The van der Waals surface area contributed by atoms with Gasteiger partial charge in [-0.25, -0.2) is 8.42 Å². The van der Waals surface area contributed by atoms with Crippen LogP contribution in [0.1, 0.15) is 11.1 Å². The summed E-state index contributed by atoms with van der Waals surface area (Å²) in [4.78, 5) is 16.4. The summed E-state index contributed by atoms with van der Waals surface area (Å²) in [6.07, 6.45) is 4.21. The molecule has 7 nitrogen and oxygen atoms in total. The van der Waals surface area contributed by atoms with Crippen LogP contribution in [0.4, 0.5) is 5.69 Å². The second-order valence-electron chi connectivity index (χ2n) is 6.97. The van der Waals surface area contributed by atoms with Gasteiger partial charge in [-0.1, -0.05) is 43.0 Å². The van der Waals surface area contributed by atoms with Gasteiger partial charge in [0.25, 0.3) is 15.9 Å². The normalized spacial score (nSPS) is 11.3. The van der Waals surface area contributed by atoms with Crippen molar-refractivity contribution in [3.8, 4) is 0 Å². The summed E-state index contributed by atoms with van der Waals surface area (Å²) in [5.74, 6) is 5.48. The molecule has 1 aromatic heterocycles. The molecule has 1 amide bonds. The highest BCUT2D eigenvalue weighted by Gasteiger charge is 2.21. The maximum absolute atomic E-state index is 12.7. The van der Waals surface area contributed by atoms with E-state index in [-0.39, 0.29) is 17.3 Å². The smallest absolute Gasteiger partial charge is 0.255 e. The van der Waals surface area contributed by atoms with Crippen molar-refractivity contribution in [2.24, 2.45) is 5.84 Å². The van der Waals surface area contributed by atoms with Crippen molar-refractivity contribution >= 4 is 21.6 Å². The van der Waals surface area contributed by atoms with E-state index in [1.165, 1.54) is 24.3 Å². The highest BCUT2D eigenvalue weighted by molar-refractivity contribution is 7.89. The van der Waals surface area contributed by atoms with Crippen LogP contribution in [0.25, 0.3) is 0 Å². The summed E-state index contributed by atoms with van der Waals surface area (Å²) in [5, 5.41) is 2.72. The van der Waals surface area contributed by atoms with Gasteiger partial charge in [0.1, 0.15) is 0 Å². The molecule has 31 heavy (non-hydrogen) atoms. The molecule has 0 aliphatic rings. The Labute approximate surface area is 182 Å². The lowest BCUT2D eigenvalue weighted by Crippen LogP contribution is -2.38. The number of aromatic nitrogens is 1. The van der Waals surface area contributed by atoms with Crippen molar-refractivity contribution in [1.29, 1.82) is 0 Å². The van der Waals surface area contributed by atoms with Crippen molar-refractivity contribution in [3.05, 3.63) is 102 Å². The Kier molecular flexibility index (Phi) is 7.30. The first-order valence-electron chi connectivity index (χ1n) is 9.66. The number of nitrogens with one attached hydrogen (secondary N) is 1. The Hall–Kier alpha value is -3.33. The van der Waals surface area contributed by atoms with Crippen LogP contribution in [0.2, 0.25) is 0 Å². The molecule has 0 atom stereocenters. The van der Waals surface area contributed by atoms with Crippen LogP contribution in [-0.2, 0) is 27.7 Å². The van der Waals surface area contributed by atoms with Gasteiger partial charge < -0.3 is 5.32 Å². The lowest BCUT2D eigenvalue weighted by molar-refractivity contribution is -0.112. The van der Waals surface area contributed by atoms with Gasteiger partial charge in [-0.2, -0.15) is 0 Å². The number of anilines is 1. The van der Waals surface area contributed by atoms with Crippen molar-refractivity contribution < 1.29 is 13.2 Å². The van der Waals surface area contributed by atoms with Crippen molar-refractivity contribution in [3.63, 3.8) is 0 Å². The minimum absolute atomic E-state index is 0.0512. The first-order valence-corrected chi connectivity index (χ1v) is 11.1. The fourth-order valence-corrected chi connectivity index (χ4v) is 3.98. The lowest BCUT2D eigenvalue weighted by atomic mass is 10.1. The van der Waals surface area contributed by atoms with E-state index in [0.29, 0.717) is 24.1 Å². The van der Waals surface area contributed by atoms with E-state index in [2.05, 4.69) is 16.9 Å². The second kappa shape index (κ2) is 10.1. The van der Waals surface area contributed by atoms with Gasteiger partial charge in [-0.05, 0) is 47.9 Å². The number of rotatable bonds is 9. The average Bonchev–Trinajstić information content (AvgIpc) is 2.79. The first kappa shape index (κ1) is 22.4. The molecule has 3 N–H and O–H groups in total. The zero-order valence-electron chi connectivity index (χ0n) is 16.9. The molecule has 3 rings (SSSR count). The quantitative estimate of drug-likeness (QED) is 0.305. The fraction of sp³-hybridized carbons (Fsp3) is 0.130. The van der Waals surface area contributed by atoms with Gasteiger partial charge in [0, 0.05) is 36.6 Å². The molecule has 0 unspecified atom stereocenters. The van der Waals surface area contributed by atoms with E-state index >= 15 is 0 Å². The summed E-state index contributed by atoms with van der Waals surface area (Å²) in [5.41, 5.74) is 2.71. The molecule has 0 bridgehead atoms. The monoisotopic (exact) mass is 436 g/mol. The van der Waals surface area contributed by atoms with Crippen molar-refractivity contribution in [1.82, 2.24) is 9.40 Å². The van der Waals surface area contributed by atoms with E-state index in [4.69, 9.17) is 5.84 Å². The molecule has 0 spiro atoms. The topological polar surface area (TPSA) is 105 Å². The van der Waals surface area contributed by atoms with Gasteiger partial charge in [0.05, 0.1) is 4.90 Å². The number of pyridine rings is 1. The molecule has 0 saturated heterocycles. The average molecular weight is 437 g/mol. The van der Waals surface area contributed by atoms with E-state index < -0.39 is 10.0 Å². The largest absolute Gasteiger partial charge is 0.322 e. The minimum atomic E-state index is -3.84. The van der Waals surface area contributed by atoms with Crippen LogP contribution < -0.4 is 11.2 Å². The lowest BCUT2D eigenvalue weighted by Gasteiger charge is -2.17. The zero-order valence-corrected chi connectivity index (χ0v) is 17.8. The van der Waals surface area contributed by atoms with Crippen LogP contribution in [0.5, 0.6) is 0 Å². The molecular weight excluding hydrogens is 412 g/mol. The number of carbonyl (C=O) groups excluding carboxylic acids is 1. The number of amides is 1. The van der Waals surface area contributed by atoms with Gasteiger partial charge >= 0.3 is 0 Å². The molecule has 0 saturated carbocycles. The number of carbonyl (C=O) groups is 1. The van der Waals surface area contributed by atoms with E-state index in [9.17, 15) is 13.2 Å². The molecule has 0 aliphatic carbocycles. The summed E-state index contributed by atoms with van der Waals surface area (Å²) in [7, 11) is -3.84. The maximum atomic E-state index is 12.7. The molecule has 160 valence electrons. The number of sulfonamides is 1. The van der Waals surface area contributed by atoms with Crippen LogP contribution in [0, 0.1) is 0 Å². The Morgan fingerprint density at radius 2 is 1.68 bits per heavy atom. The van der Waals surface area contributed by atoms with Crippen LogP contribution >= 0.6 is 0 Å². The molecule has 8 heteroatoms. The van der Waals surface area contributed by atoms with E-state index in [1.807, 2.05) is 36.4 Å². The van der Waals surface area contributed by atoms with Gasteiger partial charge in [-0.15, -0.1) is 4.41 Å². The maximum Gasteiger partial charge on any atom is 0.255 e. The summed E-state index contributed by atoms with van der Waals surface area (Å²) in [6.45, 7) is 3.96. The van der Waals surface area contributed by atoms with E-state index in [0.717, 1.165) is 15.5 Å². The third kappa shape index (κ3) is 6.08. The number of hydrogen-bond acceptors (Lipinski definition) is 5. The SMILES string of the molecule is C=C(Cc1cccnc1)C(=O)Nc1ccc(S(=O)(=O)N(N)CCc2ccccc2)cc1. The summed E-state index contributed by atoms with van der Waals surface area (Å²) in [6, 6.07) is 19.0. The standard InChI is InChI=1S/C23H24N4O3S/c1-18(16-20-8-5-14-25-17-20)23(28)26-21-9-11-22(12-10-21)31(29,30)27(24)15-13-19-6-3-2-4-7-19/h2-12,14,17H,1,13,15-16,24H2,(H,26,28). The molecule has 0 fully saturated rings. The van der Waals surface area contributed by atoms with Crippen LogP contribution in [0.15, 0.2) is 96.2 Å². The number of benzene rings is 2. The zero-order chi connectivity index (χ0) is 22.3. The van der Waals surface area contributed by atoms with Gasteiger partial charge in [0.15, 0.2) is 0 Å². The third-order valence-corrected chi connectivity index (χ3v) is 6.31. The first-order chi connectivity index (χ1) is 14.9. The van der Waals surface area contributed by atoms with Crippen LogP contribution in [0.3, 0.4) is 0 Å². The van der Waals surface area contributed by atoms with Gasteiger partial charge in [-0.3, -0.25) is 15.6 Å². The Morgan fingerprint density at radius 1 is 1.00 bits per heavy atom. The van der Waals surface area contributed by atoms with Crippen molar-refractivity contribution in [2.75, 3.05) is 11.9 Å². The highest BCUT2D eigenvalue weighted by Crippen LogP contribution is 2.18. The van der Waals surface area contributed by atoms with Gasteiger partial charge in [0.2, 0.25) is 0 Å². The summed E-state index contributed by atoms with van der Waals surface area (Å²) >= 11 is 0. The Morgan fingerprint density at radius 3 is 2.32 bits per heavy atom. The molecular formula is C23H24N4O3S. The van der Waals surface area contributed by atoms with E-state index in [1.54, 1.807) is 18.5 Å². The van der Waals surface area contributed by atoms with Crippen LogP contribution in [-0.4, -0.2) is 30.3 Å².